The lowest BCUT2D eigenvalue weighted by Gasteiger charge is -2.12. The van der Waals surface area contributed by atoms with Gasteiger partial charge in [-0.2, -0.15) is 0 Å². The van der Waals surface area contributed by atoms with E-state index in [0.29, 0.717) is 13.2 Å². The van der Waals surface area contributed by atoms with Gasteiger partial charge in [0.25, 0.3) is 0 Å². The number of benzene rings is 1. The van der Waals surface area contributed by atoms with E-state index in [2.05, 4.69) is 33.6 Å². The van der Waals surface area contributed by atoms with E-state index in [1.165, 1.54) is 5.56 Å². The number of aromatic nitrogens is 1. The van der Waals surface area contributed by atoms with Gasteiger partial charge in [0.2, 0.25) is 0 Å². The molecule has 2 N–H and O–H groups in total. The van der Waals surface area contributed by atoms with Crippen LogP contribution in [0.4, 0.5) is 0 Å². The van der Waals surface area contributed by atoms with E-state index in [-0.39, 0.29) is 24.0 Å². The largest absolute Gasteiger partial charge is 0.492 e. The van der Waals surface area contributed by atoms with Gasteiger partial charge < -0.3 is 15.4 Å². The van der Waals surface area contributed by atoms with Crippen LogP contribution in [0, 0.1) is 6.92 Å². The normalized spacial score (nSPS) is 10.7. The summed E-state index contributed by atoms with van der Waals surface area (Å²) in [5, 5.41) is 6.50. The fraction of sp³-hybridized carbons (Fsp3) is 0.333. The number of guanidine groups is 1. The van der Waals surface area contributed by atoms with Gasteiger partial charge in [-0.1, -0.05) is 18.2 Å². The van der Waals surface area contributed by atoms with Gasteiger partial charge in [0.1, 0.15) is 12.4 Å². The molecule has 0 amide bonds. The van der Waals surface area contributed by atoms with E-state index >= 15 is 0 Å². The molecule has 130 valence electrons. The van der Waals surface area contributed by atoms with Crippen LogP contribution in [0.1, 0.15) is 11.3 Å². The van der Waals surface area contributed by atoms with E-state index < -0.39 is 0 Å². The number of aryl methyl sites for hydroxylation is 1. The Labute approximate surface area is 161 Å². The van der Waals surface area contributed by atoms with Gasteiger partial charge in [0.05, 0.1) is 6.54 Å². The van der Waals surface area contributed by atoms with Gasteiger partial charge in [0, 0.05) is 31.9 Å². The molecule has 0 saturated carbocycles. The maximum absolute atomic E-state index is 5.70. The summed E-state index contributed by atoms with van der Waals surface area (Å²) in [5.41, 5.74) is 2.26. The van der Waals surface area contributed by atoms with Crippen LogP contribution < -0.4 is 15.4 Å². The molecule has 0 unspecified atom stereocenters. The molecule has 1 aromatic carbocycles. The zero-order valence-electron chi connectivity index (χ0n) is 14.2. The molecular weight excluding hydrogens is 415 g/mol. The van der Waals surface area contributed by atoms with E-state index in [4.69, 9.17) is 4.74 Å². The second-order valence-electron chi connectivity index (χ2n) is 5.16. The van der Waals surface area contributed by atoms with Crippen molar-refractivity contribution in [1.82, 2.24) is 15.6 Å². The van der Waals surface area contributed by atoms with E-state index in [1.807, 2.05) is 42.6 Å². The third kappa shape index (κ3) is 7.63. The highest BCUT2D eigenvalue weighted by atomic mass is 127. The molecule has 0 aliphatic carbocycles. The Kier molecular flexibility index (Phi) is 9.83. The summed E-state index contributed by atoms with van der Waals surface area (Å²) in [4.78, 5) is 8.49. The highest BCUT2D eigenvalue weighted by Gasteiger charge is 1.99. The van der Waals surface area contributed by atoms with Crippen LogP contribution >= 0.6 is 24.0 Å². The maximum atomic E-state index is 5.70. The second kappa shape index (κ2) is 11.7. The van der Waals surface area contributed by atoms with Crippen molar-refractivity contribution in [3.8, 4) is 5.75 Å². The maximum Gasteiger partial charge on any atom is 0.191 e. The first-order chi connectivity index (χ1) is 11.3. The predicted molar refractivity (Wildman–Crippen MR) is 109 cm³/mol. The van der Waals surface area contributed by atoms with Gasteiger partial charge in [-0.25, -0.2) is 0 Å². The molecule has 0 fully saturated rings. The quantitative estimate of drug-likeness (QED) is 0.301. The second-order valence-corrected chi connectivity index (χ2v) is 5.16. The molecule has 0 saturated heterocycles. The van der Waals surface area contributed by atoms with Gasteiger partial charge in [0.15, 0.2) is 5.96 Å². The summed E-state index contributed by atoms with van der Waals surface area (Å²) in [6.07, 6.45) is 2.67. The fourth-order valence-electron chi connectivity index (χ4n) is 2.12. The van der Waals surface area contributed by atoms with Gasteiger partial charge in [-0.15, -0.1) is 24.0 Å². The topological polar surface area (TPSA) is 58.5 Å². The third-order valence-corrected chi connectivity index (χ3v) is 3.28. The minimum atomic E-state index is 0. The SMILES string of the molecule is CN=C(NCCOc1cccc(C)c1)NCCc1ccccn1.I. The van der Waals surface area contributed by atoms with Gasteiger partial charge in [-0.05, 0) is 36.8 Å². The smallest absolute Gasteiger partial charge is 0.191 e. The van der Waals surface area contributed by atoms with Crippen molar-refractivity contribution in [3.63, 3.8) is 0 Å². The van der Waals surface area contributed by atoms with Crippen LogP contribution in [0.3, 0.4) is 0 Å². The predicted octanol–water partition coefficient (Wildman–Crippen LogP) is 2.79. The Hall–Kier alpha value is -1.83. The summed E-state index contributed by atoms with van der Waals surface area (Å²) < 4.78 is 5.70. The molecule has 6 heteroatoms. The molecular formula is C18H25IN4O. The summed E-state index contributed by atoms with van der Waals surface area (Å²) in [7, 11) is 1.76. The summed E-state index contributed by atoms with van der Waals surface area (Å²) in [6.45, 7) is 4.12. The molecule has 2 aromatic rings. The van der Waals surface area contributed by atoms with Crippen LogP contribution in [0.15, 0.2) is 53.7 Å². The molecule has 1 heterocycles. The molecule has 24 heavy (non-hydrogen) atoms. The van der Waals surface area contributed by atoms with Crippen molar-refractivity contribution >= 4 is 29.9 Å². The fourth-order valence-corrected chi connectivity index (χ4v) is 2.12. The molecule has 0 aliphatic rings. The summed E-state index contributed by atoms with van der Waals surface area (Å²) in [6, 6.07) is 14.0. The summed E-state index contributed by atoms with van der Waals surface area (Å²) in [5.74, 6) is 1.67. The van der Waals surface area contributed by atoms with Crippen molar-refractivity contribution in [3.05, 3.63) is 59.9 Å². The van der Waals surface area contributed by atoms with Crippen LogP contribution in [0.5, 0.6) is 5.75 Å². The van der Waals surface area contributed by atoms with Crippen molar-refractivity contribution in [2.24, 2.45) is 4.99 Å². The lowest BCUT2D eigenvalue weighted by Crippen LogP contribution is -2.40. The minimum Gasteiger partial charge on any atom is -0.492 e. The number of halogens is 1. The Bertz CT molecular complexity index is 619. The molecule has 0 radical (unpaired) electrons. The van der Waals surface area contributed by atoms with Crippen LogP contribution in [-0.4, -0.2) is 37.7 Å². The van der Waals surface area contributed by atoms with Crippen molar-refractivity contribution in [2.45, 2.75) is 13.3 Å². The number of nitrogens with zero attached hydrogens (tertiary/aromatic N) is 2. The molecule has 0 bridgehead atoms. The lowest BCUT2D eigenvalue weighted by molar-refractivity contribution is 0.321. The first-order valence-electron chi connectivity index (χ1n) is 7.82. The van der Waals surface area contributed by atoms with Crippen LogP contribution in [0.25, 0.3) is 0 Å². The Morgan fingerprint density at radius 2 is 1.96 bits per heavy atom. The highest BCUT2D eigenvalue weighted by Crippen LogP contribution is 2.11. The average Bonchev–Trinajstić information content (AvgIpc) is 2.58. The van der Waals surface area contributed by atoms with Crippen molar-refractivity contribution < 1.29 is 4.74 Å². The number of aliphatic imine (C=N–C) groups is 1. The summed E-state index contributed by atoms with van der Waals surface area (Å²) >= 11 is 0. The zero-order valence-corrected chi connectivity index (χ0v) is 16.5. The Morgan fingerprint density at radius 3 is 2.67 bits per heavy atom. The van der Waals surface area contributed by atoms with Crippen LogP contribution in [0.2, 0.25) is 0 Å². The number of pyridine rings is 1. The van der Waals surface area contributed by atoms with Crippen molar-refractivity contribution in [1.29, 1.82) is 0 Å². The molecule has 2 rings (SSSR count). The molecule has 0 spiro atoms. The molecule has 5 nitrogen and oxygen atoms in total. The standard InChI is InChI=1S/C18H24N4O.HI/c1-15-6-5-8-17(14-15)23-13-12-22-18(19-2)21-11-9-16-7-3-4-10-20-16;/h3-8,10,14H,9,11-13H2,1-2H3,(H2,19,21,22);1H. The number of hydrogen-bond donors (Lipinski definition) is 2. The average molecular weight is 440 g/mol. The van der Waals surface area contributed by atoms with E-state index in [0.717, 1.165) is 30.4 Å². The minimum absolute atomic E-state index is 0. The molecule has 1 aromatic heterocycles. The van der Waals surface area contributed by atoms with Gasteiger partial charge in [-0.3, -0.25) is 9.98 Å². The molecule has 0 atom stereocenters. The Balaban J connectivity index is 0.00000288. The zero-order chi connectivity index (χ0) is 16.3. The number of ether oxygens (including phenoxy) is 1. The van der Waals surface area contributed by atoms with E-state index in [9.17, 15) is 0 Å². The number of nitrogens with one attached hydrogen (secondary N) is 2. The molecule has 0 aliphatic heterocycles. The number of hydrogen-bond acceptors (Lipinski definition) is 3. The monoisotopic (exact) mass is 440 g/mol. The first kappa shape index (κ1) is 20.2. The first-order valence-corrected chi connectivity index (χ1v) is 7.82. The third-order valence-electron chi connectivity index (χ3n) is 3.28. The lowest BCUT2D eigenvalue weighted by atomic mass is 10.2. The van der Waals surface area contributed by atoms with Crippen molar-refractivity contribution in [2.75, 3.05) is 26.7 Å². The Morgan fingerprint density at radius 1 is 1.12 bits per heavy atom. The van der Waals surface area contributed by atoms with Gasteiger partial charge >= 0.3 is 0 Å². The highest BCUT2D eigenvalue weighted by molar-refractivity contribution is 14.0. The number of rotatable bonds is 7. The van der Waals surface area contributed by atoms with Crippen LogP contribution in [-0.2, 0) is 6.42 Å². The van der Waals surface area contributed by atoms with E-state index in [1.54, 1.807) is 7.05 Å².